The summed E-state index contributed by atoms with van der Waals surface area (Å²) in [6.07, 6.45) is 4.39. The number of nitrogens with two attached hydrogens (primary N) is 1. The number of carbonyl (C=O) groups is 2. The van der Waals surface area contributed by atoms with E-state index in [0.717, 1.165) is 0 Å². The van der Waals surface area contributed by atoms with Gasteiger partial charge in [-0.25, -0.2) is 4.68 Å². The number of nitrogens with one attached hydrogen (secondary N) is 2. The Morgan fingerprint density at radius 1 is 1.20 bits per heavy atom. The van der Waals surface area contributed by atoms with Crippen molar-refractivity contribution in [3.63, 3.8) is 0 Å². The van der Waals surface area contributed by atoms with E-state index in [1.54, 1.807) is 36.5 Å². The maximum atomic E-state index is 12.1. The van der Waals surface area contributed by atoms with Crippen molar-refractivity contribution in [1.82, 2.24) is 15.0 Å². The van der Waals surface area contributed by atoms with Gasteiger partial charge in [0.25, 0.3) is 5.91 Å². The molecule has 0 aliphatic heterocycles. The Morgan fingerprint density at radius 2 is 2.00 bits per heavy atom. The zero-order valence-electron chi connectivity index (χ0n) is 13.2. The van der Waals surface area contributed by atoms with Gasteiger partial charge in [-0.1, -0.05) is 11.3 Å². The Morgan fingerprint density at radius 3 is 2.68 bits per heavy atom. The van der Waals surface area contributed by atoms with E-state index in [4.69, 9.17) is 10.2 Å². The van der Waals surface area contributed by atoms with Crippen molar-refractivity contribution in [2.24, 2.45) is 5.73 Å². The third-order valence-corrected chi connectivity index (χ3v) is 3.29. The minimum Gasteiger partial charge on any atom is -0.472 e. The van der Waals surface area contributed by atoms with Gasteiger partial charge >= 0.3 is 0 Å². The van der Waals surface area contributed by atoms with Crippen LogP contribution in [0.1, 0.15) is 16.1 Å². The van der Waals surface area contributed by atoms with Crippen molar-refractivity contribution in [2.45, 2.75) is 13.1 Å². The second-order valence-electron chi connectivity index (χ2n) is 5.21. The summed E-state index contributed by atoms with van der Waals surface area (Å²) in [5.41, 5.74) is 7.57. The van der Waals surface area contributed by atoms with Gasteiger partial charge in [-0.2, -0.15) is 0 Å². The summed E-state index contributed by atoms with van der Waals surface area (Å²) in [7, 11) is 0. The van der Waals surface area contributed by atoms with Crippen LogP contribution in [0.25, 0.3) is 0 Å². The van der Waals surface area contributed by atoms with Gasteiger partial charge in [-0.15, -0.1) is 5.10 Å². The predicted octanol–water partition coefficient (Wildman–Crippen LogP) is 1.22. The highest BCUT2D eigenvalue weighted by Gasteiger charge is 2.09. The van der Waals surface area contributed by atoms with E-state index in [-0.39, 0.29) is 24.9 Å². The highest BCUT2D eigenvalue weighted by molar-refractivity contribution is 6.04. The number of furan rings is 1. The monoisotopic (exact) mass is 340 g/mol. The van der Waals surface area contributed by atoms with Gasteiger partial charge in [0.15, 0.2) is 0 Å². The number of amides is 2. The first kappa shape index (κ1) is 16.4. The molecule has 128 valence electrons. The van der Waals surface area contributed by atoms with Crippen LogP contribution in [-0.2, 0) is 17.9 Å². The molecule has 25 heavy (non-hydrogen) atoms. The molecule has 0 spiro atoms. The van der Waals surface area contributed by atoms with Gasteiger partial charge in [0, 0.05) is 17.9 Å². The first-order valence-electron chi connectivity index (χ1n) is 7.46. The molecule has 2 heterocycles. The minimum absolute atomic E-state index is 0.0125. The highest BCUT2D eigenvalue weighted by Crippen LogP contribution is 2.16. The summed E-state index contributed by atoms with van der Waals surface area (Å²) in [5.74, 6) is -0.569. The van der Waals surface area contributed by atoms with E-state index in [1.807, 2.05) is 0 Å². The van der Waals surface area contributed by atoms with Crippen LogP contribution in [0.2, 0.25) is 0 Å². The normalized spacial score (nSPS) is 10.4. The lowest BCUT2D eigenvalue weighted by atomic mass is 10.2. The SMILES string of the molecule is NCc1cn(CC(=O)Nc2cccc(NC(=O)c3ccoc3)c2)nn1. The maximum Gasteiger partial charge on any atom is 0.258 e. The molecule has 0 atom stereocenters. The number of rotatable bonds is 6. The molecule has 0 radical (unpaired) electrons. The Bertz CT molecular complexity index is 872. The number of hydrogen-bond donors (Lipinski definition) is 3. The number of nitrogens with zero attached hydrogens (tertiary/aromatic N) is 3. The quantitative estimate of drug-likeness (QED) is 0.619. The van der Waals surface area contributed by atoms with Crippen LogP contribution < -0.4 is 16.4 Å². The summed E-state index contributed by atoms with van der Waals surface area (Å²) in [4.78, 5) is 24.1. The molecule has 9 heteroatoms. The Balaban J connectivity index is 1.61. The van der Waals surface area contributed by atoms with E-state index in [0.29, 0.717) is 22.6 Å². The lowest BCUT2D eigenvalue weighted by Crippen LogP contribution is -2.19. The summed E-state index contributed by atoms with van der Waals surface area (Å²) in [6.45, 7) is 0.276. The first-order valence-corrected chi connectivity index (χ1v) is 7.46. The van der Waals surface area contributed by atoms with Crippen LogP contribution in [0.4, 0.5) is 11.4 Å². The van der Waals surface area contributed by atoms with Crippen LogP contribution in [0.15, 0.2) is 53.5 Å². The molecule has 0 unspecified atom stereocenters. The minimum atomic E-state index is -0.297. The average molecular weight is 340 g/mol. The molecule has 0 fully saturated rings. The second-order valence-corrected chi connectivity index (χ2v) is 5.21. The zero-order chi connectivity index (χ0) is 17.6. The van der Waals surface area contributed by atoms with E-state index in [9.17, 15) is 9.59 Å². The van der Waals surface area contributed by atoms with Gasteiger partial charge in [-0.3, -0.25) is 9.59 Å². The van der Waals surface area contributed by atoms with Crippen LogP contribution in [0, 0.1) is 0 Å². The summed E-state index contributed by atoms with van der Waals surface area (Å²) in [6, 6.07) is 8.39. The molecule has 0 saturated heterocycles. The Hall–Kier alpha value is -3.46. The molecule has 3 aromatic rings. The van der Waals surface area contributed by atoms with Crippen molar-refractivity contribution in [1.29, 1.82) is 0 Å². The van der Waals surface area contributed by atoms with Gasteiger partial charge in [0.1, 0.15) is 12.8 Å². The topological polar surface area (TPSA) is 128 Å². The smallest absolute Gasteiger partial charge is 0.258 e. The van der Waals surface area contributed by atoms with Crippen molar-refractivity contribution >= 4 is 23.2 Å². The molecular weight excluding hydrogens is 324 g/mol. The van der Waals surface area contributed by atoms with Crippen LogP contribution >= 0.6 is 0 Å². The zero-order valence-corrected chi connectivity index (χ0v) is 13.2. The standard InChI is InChI=1S/C16H16N6O3/c17-7-14-8-22(21-20-14)9-15(23)18-12-2-1-3-13(6-12)19-16(24)11-4-5-25-10-11/h1-6,8,10H,7,9,17H2,(H,18,23)(H,19,24). The highest BCUT2D eigenvalue weighted by atomic mass is 16.3. The molecule has 1 aromatic carbocycles. The van der Waals surface area contributed by atoms with E-state index in [2.05, 4.69) is 20.9 Å². The number of aromatic nitrogens is 3. The number of benzene rings is 1. The first-order chi connectivity index (χ1) is 12.1. The van der Waals surface area contributed by atoms with Crippen molar-refractivity contribution in [2.75, 3.05) is 10.6 Å². The van der Waals surface area contributed by atoms with Gasteiger partial charge in [0.2, 0.25) is 5.91 Å². The van der Waals surface area contributed by atoms with E-state index < -0.39 is 0 Å². The van der Waals surface area contributed by atoms with Crippen molar-refractivity contribution in [3.8, 4) is 0 Å². The molecule has 2 aromatic heterocycles. The maximum absolute atomic E-state index is 12.1. The Kier molecular flexibility index (Phi) is 4.86. The fraction of sp³-hybridized carbons (Fsp3) is 0.125. The molecule has 0 aliphatic carbocycles. The summed E-state index contributed by atoms with van der Waals surface area (Å²) < 4.78 is 6.28. The predicted molar refractivity (Wildman–Crippen MR) is 89.6 cm³/mol. The van der Waals surface area contributed by atoms with Gasteiger partial charge in [-0.05, 0) is 24.3 Å². The molecular formula is C16H16N6O3. The van der Waals surface area contributed by atoms with Gasteiger partial charge in [0.05, 0.1) is 23.7 Å². The van der Waals surface area contributed by atoms with Crippen molar-refractivity contribution in [3.05, 3.63) is 60.3 Å². The second kappa shape index (κ2) is 7.41. The average Bonchev–Trinajstić information content (AvgIpc) is 3.26. The lowest BCUT2D eigenvalue weighted by molar-refractivity contribution is -0.116. The van der Waals surface area contributed by atoms with Crippen LogP contribution in [0.5, 0.6) is 0 Å². The molecule has 3 rings (SSSR count). The van der Waals surface area contributed by atoms with E-state index >= 15 is 0 Å². The third kappa shape index (κ3) is 4.30. The number of carbonyl (C=O) groups excluding carboxylic acids is 2. The molecule has 4 N–H and O–H groups in total. The molecule has 0 saturated carbocycles. The fourth-order valence-corrected chi connectivity index (χ4v) is 2.13. The Labute approximate surface area is 142 Å². The van der Waals surface area contributed by atoms with Crippen LogP contribution in [0.3, 0.4) is 0 Å². The molecule has 2 amide bonds. The lowest BCUT2D eigenvalue weighted by Gasteiger charge is -2.08. The summed E-state index contributed by atoms with van der Waals surface area (Å²) >= 11 is 0. The fourth-order valence-electron chi connectivity index (χ4n) is 2.13. The van der Waals surface area contributed by atoms with Gasteiger partial charge < -0.3 is 20.8 Å². The molecule has 9 nitrogen and oxygen atoms in total. The largest absolute Gasteiger partial charge is 0.472 e. The third-order valence-electron chi connectivity index (χ3n) is 3.29. The number of hydrogen-bond acceptors (Lipinski definition) is 6. The summed E-state index contributed by atoms with van der Waals surface area (Å²) in [5, 5.41) is 13.1. The molecule has 0 aliphatic rings. The van der Waals surface area contributed by atoms with Crippen molar-refractivity contribution < 1.29 is 14.0 Å². The number of anilines is 2. The molecule has 0 bridgehead atoms. The van der Waals surface area contributed by atoms with Crippen LogP contribution in [-0.4, -0.2) is 26.8 Å². The van der Waals surface area contributed by atoms with E-state index in [1.165, 1.54) is 17.2 Å².